The fraction of sp³-hybridized carbons (Fsp3) is 1.00. The minimum absolute atomic E-state index is 0.00699. The van der Waals surface area contributed by atoms with Gasteiger partial charge in [-0.15, -0.1) is 0 Å². The molecule has 0 aromatic carbocycles. The van der Waals surface area contributed by atoms with Gasteiger partial charge in [0.1, 0.15) is 8.77 Å². The van der Waals surface area contributed by atoms with Crippen LogP contribution in [-0.4, -0.2) is 15.6 Å². The summed E-state index contributed by atoms with van der Waals surface area (Å²) >= 11 is 5.23. The molecule has 0 spiro atoms. The highest BCUT2D eigenvalue weighted by atomic mass is 32.8. The van der Waals surface area contributed by atoms with Crippen molar-refractivity contribution in [3.05, 3.63) is 0 Å². The molecule has 0 bridgehead atoms. The largest absolute Gasteiger partial charge is 0.287 e. The summed E-state index contributed by atoms with van der Waals surface area (Å²) in [6, 6.07) is 0. The Labute approximate surface area is 131 Å². The maximum atomic E-state index is 12.4. The molecular weight excluding hydrogens is 288 g/mol. The number of hydrogen-bond donors (Lipinski definition) is 0. The van der Waals surface area contributed by atoms with Gasteiger partial charge in [0.25, 0.3) is 0 Å². The molecule has 4 heteroatoms. The van der Waals surface area contributed by atoms with E-state index in [9.17, 15) is 4.21 Å². The van der Waals surface area contributed by atoms with Gasteiger partial charge in [-0.25, -0.2) is 4.21 Å². The smallest absolute Gasteiger partial charge is 0.146 e. The van der Waals surface area contributed by atoms with E-state index in [0.29, 0.717) is 0 Å². The van der Waals surface area contributed by atoms with Gasteiger partial charge in [0.2, 0.25) is 0 Å². The summed E-state index contributed by atoms with van der Waals surface area (Å²) in [6.07, 6.45) is 11.6. The van der Waals surface area contributed by atoms with Crippen molar-refractivity contribution in [2.24, 2.45) is 0 Å². The summed E-state index contributed by atoms with van der Waals surface area (Å²) in [4.78, 5) is 0. The lowest BCUT2D eigenvalue weighted by atomic mass is 10.1. The van der Waals surface area contributed by atoms with Crippen LogP contribution < -0.4 is 0 Å². The minimum atomic E-state index is -2.56. The molecule has 3 atom stereocenters. The third-order valence-electron chi connectivity index (χ3n) is 3.72. The van der Waals surface area contributed by atoms with E-state index < -0.39 is 8.77 Å². The van der Waals surface area contributed by atoms with Crippen LogP contribution in [0.2, 0.25) is 0 Å². The highest BCUT2D eigenvalue weighted by Crippen LogP contribution is 2.18. The van der Waals surface area contributed by atoms with Gasteiger partial charge < -0.3 is 0 Å². The van der Waals surface area contributed by atoms with Crippen molar-refractivity contribution in [1.82, 2.24) is 0 Å². The molecule has 0 fully saturated rings. The Morgan fingerprint density at radius 3 is 1.90 bits per heavy atom. The number of rotatable bonds is 13. The van der Waals surface area contributed by atoms with Crippen LogP contribution in [0.1, 0.15) is 91.9 Å². The molecule has 0 aliphatic rings. The van der Waals surface area contributed by atoms with Crippen LogP contribution in [0.15, 0.2) is 0 Å². The third-order valence-corrected chi connectivity index (χ3v) is 6.76. The monoisotopic (exact) mass is 322 g/mol. The molecule has 20 heavy (non-hydrogen) atoms. The van der Waals surface area contributed by atoms with E-state index in [1.807, 2.05) is 13.8 Å². The fourth-order valence-electron chi connectivity index (χ4n) is 2.23. The van der Waals surface area contributed by atoms with Crippen molar-refractivity contribution in [2.45, 2.75) is 103 Å². The highest BCUT2D eigenvalue weighted by molar-refractivity contribution is 8.30. The summed E-state index contributed by atoms with van der Waals surface area (Å²) in [5.74, 6) is 0. The van der Waals surface area contributed by atoms with Gasteiger partial charge in [0.15, 0.2) is 0 Å². The van der Waals surface area contributed by atoms with E-state index in [1.54, 1.807) is 0 Å². The van der Waals surface area contributed by atoms with Gasteiger partial charge in [0.05, 0.1) is 11.4 Å². The van der Waals surface area contributed by atoms with Crippen LogP contribution in [0.5, 0.6) is 0 Å². The quantitative estimate of drug-likeness (QED) is 0.426. The van der Waals surface area contributed by atoms with Crippen LogP contribution >= 0.6 is 0 Å². The molecule has 0 rings (SSSR count). The molecule has 0 amide bonds. The summed E-state index contributed by atoms with van der Waals surface area (Å²) in [5.41, 5.74) is 0. The Bertz CT molecular complexity index is 312. The lowest BCUT2D eigenvalue weighted by molar-refractivity contribution is 0.226. The molecule has 0 saturated heterocycles. The van der Waals surface area contributed by atoms with Crippen molar-refractivity contribution < 1.29 is 8.39 Å². The zero-order chi connectivity index (χ0) is 15.4. The zero-order valence-corrected chi connectivity index (χ0v) is 15.5. The van der Waals surface area contributed by atoms with E-state index in [-0.39, 0.29) is 11.4 Å². The summed E-state index contributed by atoms with van der Waals surface area (Å²) in [6.45, 7) is 8.38. The van der Waals surface area contributed by atoms with Crippen molar-refractivity contribution in [3.8, 4) is 0 Å². The molecular formula is C16H34O2S2. The van der Waals surface area contributed by atoms with Crippen LogP contribution in [0.4, 0.5) is 0 Å². The van der Waals surface area contributed by atoms with Gasteiger partial charge >= 0.3 is 0 Å². The number of unbranched alkanes of at least 4 members (excludes halogenated alkanes) is 6. The second-order valence-electron chi connectivity index (χ2n) is 5.91. The van der Waals surface area contributed by atoms with Gasteiger partial charge in [-0.1, -0.05) is 65.2 Å². The van der Waals surface area contributed by atoms with E-state index >= 15 is 0 Å². The minimum Gasteiger partial charge on any atom is -0.287 e. The van der Waals surface area contributed by atoms with Gasteiger partial charge in [0, 0.05) is 11.2 Å². The lowest BCUT2D eigenvalue weighted by Crippen LogP contribution is -2.24. The first kappa shape index (κ1) is 20.3. The molecule has 0 aromatic heterocycles. The van der Waals surface area contributed by atoms with E-state index in [2.05, 4.69) is 13.8 Å². The predicted molar refractivity (Wildman–Crippen MR) is 93.0 cm³/mol. The first-order chi connectivity index (χ1) is 9.44. The molecule has 0 aromatic rings. The van der Waals surface area contributed by atoms with Crippen molar-refractivity contribution >= 4 is 20.0 Å². The topological polar surface area (TPSA) is 26.3 Å². The Morgan fingerprint density at radius 2 is 1.40 bits per heavy atom. The Morgan fingerprint density at radius 1 is 0.900 bits per heavy atom. The lowest BCUT2D eigenvalue weighted by Gasteiger charge is -2.20. The standard InChI is InChI=1S/C16H34O2S2/c1-5-7-9-11-13-15(3)18-20(17,19)16(4)14-12-10-8-6-2/h15-16H,5-14H2,1-4H3. The Kier molecular flexibility index (Phi) is 12.1. The van der Waals surface area contributed by atoms with E-state index in [1.165, 1.54) is 38.5 Å². The number of hydrogen-bond acceptors (Lipinski definition) is 3. The molecule has 3 unspecified atom stereocenters. The average molecular weight is 323 g/mol. The van der Waals surface area contributed by atoms with Crippen molar-refractivity contribution in [1.29, 1.82) is 0 Å². The van der Waals surface area contributed by atoms with Gasteiger partial charge in [-0.05, 0) is 26.7 Å². The molecule has 0 aliphatic heterocycles. The summed E-state index contributed by atoms with van der Waals surface area (Å²) < 4.78 is 18.1. The Hall–Kier alpha value is 0.330. The van der Waals surface area contributed by atoms with Crippen LogP contribution in [0, 0.1) is 0 Å². The van der Waals surface area contributed by atoms with Crippen LogP contribution in [0.25, 0.3) is 0 Å². The maximum absolute atomic E-state index is 12.4. The fourth-order valence-corrected chi connectivity index (χ4v) is 4.12. The SMILES string of the molecule is CCCCCCC(C)OS(=O)(=S)C(C)CCCCCC. The first-order valence-corrected chi connectivity index (χ1v) is 10.8. The molecule has 0 saturated carbocycles. The average Bonchev–Trinajstić information content (AvgIpc) is 2.39. The molecule has 0 N–H and O–H groups in total. The van der Waals surface area contributed by atoms with Gasteiger partial charge in [-0.2, -0.15) is 0 Å². The van der Waals surface area contributed by atoms with Crippen LogP contribution in [0.3, 0.4) is 0 Å². The molecule has 122 valence electrons. The summed E-state index contributed by atoms with van der Waals surface area (Å²) in [5, 5.41) is -0.00699. The molecule has 2 nitrogen and oxygen atoms in total. The zero-order valence-electron chi connectivity index (χ0n) is 13.9. The third kappa shape index (κ3) is 10.1. The second kappa shape index (κ2) is 11.9. The normalized spacial score (nSPS) is 17.6. The molecule has 0 aliphatic carbocycles. The summed E-state index contributed by atoms with van der Waals surface area (Å²) in [7, 11) is -2.56. The first-order valence-electron chi connectivity index (χ1n) is 8.36. The Balaban J connectivity index is 3.96. The predicted octanol–water partition coefficient (Wildman–Crippen LogP) is 5.38. The van der Waals surface area contributed by atoms with Crippen LogP contribution in [-0.2, 0) is 24.1 Å². The maximum Gasteiger partial charge on any atom is 0.146 e. The molecule has 0 heterocycles. The second-order valence-corrected chi connectivity index (χ2v) is 9.29. The van der Waals surface area contributed by atoms with Crippen molar-refractivity contribution in [2.75, 3.05) is 0 Å². The molecule has 0 radical (unpaired) electrons. The van der Waals surface area contributed by atoms with E-state index in [0.717, 1.165) is 25.7 Å². The van der Waals surface area contributed by atoms with Gasteiger partial charge in [-0.3, -0.25) is 4.18 Å². The highest BCUT2D eigenvalue weighted by Gasteiger charge is 2.20. The van der Waals surface area contributed by atoms with E-state index in [4.69, 9.17) is 15.4 Å². The van der Waals surface area contributed by atoms with Crippen molar-refractivity contribution in [3.63, 3.8) is 0 Å².